The first kappa shape index (κ1) is 14.8. The molecule has 1 amide bonds. The molecule has 1 aliphatic rings. The summed E-state index contributed by atoms with van der Waals surface area (Å²) in [4.78, 5) is 11.6. The fraction of sp³-hybridized carbons (Fsp3) is 0.533. The molecule has 2 rings (SSSR count). The second-order valence-electron chi connectivity index (χ2n) is 5.22. The van der Waals surface area contributed by atoms with Gasteiger partial charge < -0.3 is 15.2 Å². The van der Waals surface area contributed by atoms with E-state index in [0.717, 1.165) is 25.7 Å². The zero-order valence-corrected chi connectivity index (χ0v) is 11.3. The van der Waals surface area contributed by atoms with Gasteiger partial charge in [0.05, 0.1) is 6.10 Å². The monoisotopic (exact) mass is 281 g/mol. The van der Waals surface area contributed by atoms with Gasteiger partial charge >= 0.3 is 0 Å². The van der Waals surface area contributed by atoms with Crippen LogP contribution < -0.4 is 10.1 Å². The maximum Gasteiger partial charge on any atom is 0.257 e. The van der Waals surface area contributed by atoms with Gasteiger partial charge in [-0.15, -0.1) is 0 Å². The lowest BCUT2D eigenvalue weighted by Gasteiger charge is -2.25. The van der Waals surface area contributed by atoms with E-state index in [-0.39, 0.29) is 24.4 Å². The minimum Gasteiger partial charge on any atom is -0.484 e. The maximum atomic E-state index is 12.9. The van der Waals surface area contributed by atoms with Crippen molar-refractivity contribution >= 4 is 5.91 Å². The molecule has 20 heavy (non-hydrogen) atoms. The predicted octanol–water partition coefficient (Wildman–Crippen LogP) is 1.87. The van der Waals surface area contributed by atoms with Crippen LogP contribution in [0, 0.1) is 11.7 Å². The summed E-state index contributed by atoms with van der Waals surface area (Å²) in [7, 11) is 0. The first-order valence-electron chi connectivity index (χ1n) is 6.96. The van der Waals surface area contributed by atoms with Crippen LogP contribution in [0.25, 0.3) is 0 Å². The Balaban J connectivity index is 1.65. The highest BCUT2D eigenvalue weighted by Crippen LogP contribution is 2.23. The molecule has 2 N–H and O–H groups in total. The van der Waals surface area contributed by atoms with Gasteiger partial charge in [-0.1, -0.05) is 6.07 Å². The summed E-state index contributed by atoms with van der Waals surface area (Å²) in [6, 6.07) is 5.72. The van der Waals surface area contributed by atoms with Gasteiger partial charge in [0.25, 0.3) is 5.91 Å². The van der Waals surface area contributed by atoms with Crippen molar-refractivity contribution in [1.82, 2.24) is 5.32 Å². The van der Waals surface area contributed by atoms with Crippen LogP contribution in [0.1, 0.15) is 25.7 Å². The lowest BCUT2D eigenvalue weighted by Crippen LogP contribution is -2.34. The predicted molar refractivity (Wildman–Crippen MR) is 72.9 cm³/mol. The summed E-state index contributed by atoms with van der Waals surface area (Å²) in [6.45, 7) is 0.497. The van der Waals surface area contributed by atoms with Crippen molar-refractivity contribution in [3.63, 3.8) is 0 Å². The van der Waals surface area contributed by atoms with Gasteiger partial charge in [-0.3, -0.25) is 4.79 Å². The Morgan fingerprint density at radius 1 is 1.35 bits per heavy atom. The Bertz CT molecular complexity index is 444. The molecule has 0 radical (unpaired) electrons. The highest BCUT2D eigenvalue weighted by Gasteiger charge is 2.19. The van der Waals surface area contributed by atoms with Gasteiger partial charge in [0.1, 0.15) is 11.6 Å². The van der Waals surface area contributed by atoms with E-state index >= 15 is 0 Å². The molecule has 5 heteroatoms. The molecule has 1 aliphatic carbocycles. The lowest BCUT2D eigenvalue weighted by molar-refractivity contribution is -0.123. The zero-order valence-electron chi connectivity index (χ0n) is 11.3. The van der Waals surface area contributed by atoms with E-state index in [4.69, 9.17) is 4.74 Å². The number of halogens is 1. The van der Waals surface area contributed by atoms with Crippen LogP contribution in [0.3, 0.4) is 0 Å². The van der Waals surface area contributed by atoms with E-state index < -0.39 is 0 Å². The first-order valence-corrected chi connectivity index (χ1v) is 6.96. The molecule has 1 saturated carbocycles. The van der Waals surface area contributed by atoms with Crippen LogP contribution in [0.15, 0.2) is 24.3 Å². The molecule has 4 nitrogen and oxygen atoms in total. The molecular weight excluding hydrogens is 261 g/mol. The van der Waals surface area contributed by atoms with Crippen molar-refractivity contribution in [2.45, 2.75) is 31.8 Å². The number of amides is 1. The molecule has 1 aromatic carbocycles. The smallest absolute Gasteiger partial charge is 0.257 e. The average Bonchev–Trinajstić information content (AvgIpc) is 2.45. The maximum absolute atomic E-state index is 12.9. The Hall–Kier alpha value is -1.62. The van der Waals surface area contributed by atoms with E-state index in [1.165, 1.54) is 18.2 Å². The fourth-order valence-electron chi connectivity index (χ4n) is 2.36. The largest absolute Gasteiger partial charge is 0.484 e. The molecule has 0 atom stereocenters. The molecule has 0 saturated heterocycles. The minimum atomic E-state index is -0.385. The summed E-state index contributed by atoms with van der Waals surface area (Å²) in [6.07, 6.45) is 3.30. The van der Waals surface area contributed by atoms with E-state index in [1.807, 2.05) is 0 Å². The molecular formula is C15H20FNO3. The van der Waals surface area contributed by atoms with Crippen LogP contribution in [0.2, 0.25) is 0 Å². The van der Waals surface area contributed by atoms with Crippen molar-refractivity contribution in [2.75, 3.05) is 13.2 Å². The Labute approximate surface area is 117 Å². The summed E-state index contributed by atoms with van der Waals surface area (Å²) in [5.41, 5.74) is 0. The number of hydrogen-bond donors (Lipinski definition) is 2. The number of carbonyl (C=O) groups is 1. The third-order valence-electron chi connectivity index (χ3n) is 3.57. The average molecular weight is 281 g/mol. The minimum absolute atomic E-state index is 0.112. The number of aliphatic hydroxyl groups excluding tert-OH is 1. The topological polar surface area (TPSA) is 58.6 Å². The zero-order chi connectivity index (χ0) is 14.4. The highest BCUT2D eigenvalue weighted by molar-refractivity contribution is 5.77. The van der Waals surface area contributed by atoms with Gasteiger partial charge in [-0.25, -0.2) is 4.39 Å². The molecule has 1 aromatic rings. The standard InChI is InChI=1S/C15H20FNO3/c16-12-2-1-3-14(8-12)20-10-15(19)17-9-11-4-6-13(18)7-5-11/h1-3,8,11,13,18H,4-7,9-10H2,(H,17,19). The number of carbonyl (C=O) groups excluding carboxylic acids is 1. The lowest BCUT2D eigenvalue weighted by atomic mass is 9.87. The van der Waals surface area contributed by atoms with Crippen LogP contribution in [-0.2, 0) is 4.79 Å². The molecule has 110 valence electrons. The number of hydrogen-bond acceptors (Lipinski definition) is 3. The highest BCUT2D eigenvalue weighted by atomic mass is 19.1. The van der Waals surface area contributed by atoms with E-state index in [2.05, 4.69) is 5.32 Å². The Morgan fingerprint density at radius 3 is 2.80 bits per heavy atom. The van der Waals surface area contributed by atoms with E-state index in [9.17, 15) is 14.3 Å². The summed E-state index contributed by atoms with van der Waals surface area (Å²) in [5, 5.41) is 12.2. The van der Waals surface area contributed by atoms with Gasteiger partial charge in [0.15, 0.2) is 6.61 Å². The van der Waals surface area contributed by atoms with Crippen molar-refractivity contribution in [2.24, 2.45) is 5.92 Å². The third kappa shape index (κ3) is 4.81. The first-order chi connectivity index (χ1) is 9.63. The van der Waals surface area contributed by atoms with Crippen molar-refractivity contribution in [3.05, 3.63) is 30.1 Å². The summed E-state index contributed by atoms with van der Waals surface area (Å²) in [5.74, 6) is 0.182. The van der Waals surface area contributed by atoms with Crippen LogP contribution in [-0.4, -0.2) is 30.3 Å². The molecule has 1 fully saturated rings. The number of nitrogens with one attached hydrogen (secondary N) is 1. The number of rotatable bonds is 5. The molecule has 0 heterocycles. The number of ether oxygens (including phenoxy) is 1. The molecule has 0 aromatic heterocycles. The third-order valence-corrected chi connectivity index (χ3v) is 3.57. The fourth-order valence-corrected chi connectivity index (χ4v) is 2.36. The van der Waals surface area contributed by atoms with Crippen molar-refractivity contribution in [3.8, 4) is 5.75 Å². The van der Waals surface area contributed by atoms with Crippen LogP contribution >= 0.6 is 0 Å². The van der Waals surface area contributed by atoms with Gasteiger partial charge in [-0.2, -0.15) is 0 Å². The Kier molecular flexibility index (Phi) is 5.35. The molecule has 0 bridgehead atoms. The van der Waals surface area contributed by atoms with Gasteiger partial charge in [0, 0.05) is 12.6 Å². The van der Waals surface area contributed by atoms with Crippen molar-refractivity contribution in [1.29, 1.82) is 0 Å². The van der Waals surface area contributed by atoms with E-state index in [1.54, 1.807) is 6.07 Å². The molecule has 0 unspecified atom stereocenters. The normalized spacial score (nSPS) is 22.3. The molecule has 0 spiro atoms. The van der Waals surface area contributed by atoms with Crippen molar-refractivity contribution < 1.29 is 19.0 Å². The van der Waals surface area contributed by atoms with Gasteiger partial charge in [-0.05, 0) is 43.7 Å². The quantitative estimate of drug-likeness (QED) is 0.866. The van der Waals surface area contributed by atoms with Crippen LogP contribution in [0.5, 0.6) is 5.75 Å². The second-order valence-corrected chi connectivity index (χ2v) is 5.22. The molecule has 0 aliphatic heterocycles. The Morgan fingerprint density at radius 2 is 2.10 bits per heavy atom. The van der Waals surface area contributed by atoms with Crippen LogP contribution in [0.4, 0.5) is 4.39 Å². The second kappa shape index (κ2) is 7.24. The summed E-state index contributed by atoms with van der Waals surface area (Å²) < 4.78 is 18.1. The number of benzene rings is 1. The summed E-state index contributed by atoms with van der Waals surface area (Å²) >= 11 is 0. The number of aliphatic hydroxyl groups is 1. The van der Waals surface area contributed by atoms with Gasteiger partial charge in [0.2, 0.25) is 0 Å². The SMILES string of the molecule is O=C(COc1cccc(F)c1)NCC1CCC(O)CC1. The van der Waals surface area contributed by atoms with E-state index in [0.29, 0.717) is 18.2 Å².